The molecule has 23 heavy (non-hydrogen) atoms. The maximum atomic E-state index is 12.3. The molecule has 0 radical (unpaired) electrons. The van der Waals surface area contributed by atoms with Crippen molar-refractivity contribution in [1.82, 2.24) is 4.90 Å². The van der Waals surface area contributed by atoms with Gasteiger partial charge in [0.1, 0.15) is 0 Å². The zero-order valence-corrected chi connectivity index (χ0v) is 14.6. The van der Waals surface area contributed by atoms with Gasteiger partial charge in [0.15, 0.2) is 0 Å². The fourth-order valence-corrected chi connectivity index (χ4v) is 2.94. The fourth-order valence-electron chi connectivity index (χ4n) is 2.48. The van der Waals surface area contributed by atoms with Crippen molar-refractivity contribution in [3.8, 4) is 0 Å². The first-order valence-electron chi connectivity index (χ1n) is 7.91. The van der Waals surface area contributed by atoms with E-state index < -0.39 is 0 Å². The average Bonchev–Trinajstić information content (AvgIpc) is 2.56. The summed E-state index contributed by atoms with van der Waals surface area (Å²) in [6.45, 7) is 4.25. The van der Waals surface area contributed by atoms with Crippen LogP contribution in [0.5, 0.6) is 0 Å². The van der Waals surface area contributed by atoms with Gasteiger partial charge >= 0.3 is 0 Å². The van der Waals surface area contributed by atoms with Gasteiger partial charge < -0.3 is 5.32 Å². The molecule has 0 aliphatic rings. The van der Waals surface area contributed by atoms with Crippen LogP contribution in [-0.2, 0) is 11.3 Å². The van der Waals surface area contributed by atoms with E-state index in [0.29, 0.717) is 6.54 Å². The molecule has 0 heterocycles. The predicted molar refractivity (Wildman–Crippen MR) is 98.9 cm³/mol. The van der Waals surface area contributed by atoms with Crippen molar-refractivity contribution >= 4 is 23.4 Å². The van der Waals surface area contributed by atoms with Crippen LogP contribution >= 0.6 is 11.8 Å². The van der Waals surface area contributed by atoms with Crippen LogP contribution in [0, 0.1) is 0 Å². The van der Waals surface area contributed by atoms with Crippen LogP contribution in [0.2, 0.25) is 0 Å². The second-order valence-corrected chi connectivity index (χ2v) is 6.36. The first kappa shape index (κ1) is 17.6. The number of nitrogens with one attached hydrogen (secondary N) is 1. The van der Waals surface area contributed by atoms with Crippen LogP contribution in [0.1, 0.15) is 18.9 Å². The summed E-state index contributed by atoms with van der Waals surface area (Å²) < 4.78 is 0. The number of nitrogens with zero attached hydrogens (tertiary/aromatic N) is 1. The van der Waals surface area contributed by atoms with Crippen LogP contribution < -0.4 is 5.32 Å². The topological polar surface area (TPSA) is 32.3 Å². The highest BCUT2D eigenvalue weighted by atomic mass is 32.2. The summed E-state index contributed by atoms with van der Waals surface area (Å²) in [6.07, 6.45) is 3.06. The largest absolute Gasteiger partial charge is 0.325 e. The lowest BCUT2D eigenvalue weighted by Gasteiger charge is -2.21. The third-order valence-corrected chi connectivity index (χ3v) is 4.23. The van der Waals surface area contributed by atoms with Gasteiger partial charge in [-0.15, -0.1) is 11.8 Å². The monoisotopic (exact) mass is 328 g/mol. The Morgan fingerprint density at radius 2 is 1.91 bits per heavy atom. The van der Waals surface area contributed by atoms with Crippen molar-refractivity contribution < 1.29 is 4.79 Å². The minimum atomic E-state index is 0.0348. The molecule has 2 aromatic carbocycles. The van der Waals surface area contributed by atoms with Gasteiger partial charge in [0.2, 0.25) is 5.91 Å². The molecule has 0 bridgehead atoms. The molecule has 0 aromatic heterocycles. The Kier molecular flexibility index (Phi) is 7.17. The molecule has 0 saturated carbocycles. The molecule has 1 amide bonds. The number of rotatable bonds is 8. The van der Waals surface area contributed by atoms with Crippen LogP contribution in [0.15, 0.2) is 59.5 Å². The highest BCUT2D eigenvalue weighted by Gasteiger charge is 2.11. The van der Waals surface area contributed by atoms with E-state index in [1.807, 2.05) is 48.7 Å². The number of benzene rings is 2. The Bertz CT molecular complexity index is 616. The highest BCUT2D eigenvalue weighted by molar-refractivity contribution is 7.98. The molecule has 0 unspecified atom stereocenters. The maximum Gasteiger partial charge on any atom is 0.238 e. The van der Waals surface area contributed by atoms with E-state index in [-0.39, 0.29) is 5.91 Å². The number of carbonyl (C=O) groups is 1. The quantitative estimate of drug-likeness (QED) is 0.735. The first-order valence-corrected chi connectivity index (χ1v) is 9.14. The summed E-state index contributed by atoms with van der Waals surface area (Å²) in [7, 11) is 0. The number of hydrogen-bond donors (Lipinski definition) is 1. The Labute approximate surface area is 143 Å². The lowest BCUT2D eigenvalue weighted by Crippen LogP contribution is -2.33. The zero-order chi connectivity index (χ0) is 16.5. The van der Waals surface area contributed by atoms with E-state index in [2.05, 4.69) is 29.3 Å². The number of anilines is 1. The SMILES string of the molecule is CCCN(CC(=O)Nc1cccc(SC)c1)Cc1ccccc1. The smallest absolute Gasteiger partial charge is 0.238 e. The predicted octanol–water partition coefficient (Wildman–Crippen LogP) is 4.26. The second kappa shape index (κ2) is 9.38. The summed E-state index contributed by atoms with van der Waals surface area (Å²) in [5, 5.41) is 3.00. The molecular weight excluding hydrogens is 304 g/mol. The van der Waals surface area contributed by atoms with Crippen molar-refractivity contribution in [2.45, 2.75) is 24.8 Å². The van der Waals surface area contributed by atoms with Crippen molar-refractivity contribution in [1.29, 1.82) is 0 Å². The van der Waals surface area contributed by atoms with Crippen LogP contribution in [0.25, 0.3) is 0 Å². The van der Waals surface area contributed by atoms with Crippen molar-refractivity contribution in [2.75, 3.05) is 24.7 Å². The van der Waals surface area contributed by atoms with Crippen LogP contribution in [0.4, 0.5) is 5.69 Å². The number of hydrogen-bond acceptors (Lipinski definition) is 3. The van der Waals surface area contributed by atoms with Crippen molar-refractivity contribution in [3.05, 3.63) is 60.2 Å². The molecule has 2 aromatic rings. The highest BCUT2D eigenvalue weighted by Crippen LogP contribution is 2.19. The van der Waals surface area contributed by atoms with Crippen molar-refractivity contribution in [3.63, 3.8) is 0 Å². The maximum absolute atomic E-state index is 12.3. The number of amides is 1. The number of thioether (sulfide) groups is 1. The molecule has 0 atom stereocenters. The Morgan fingerprint density at radius 3 is 2.61 bits per heavy atom. The molecule has 0 saturated heterocycles. The molecule has 1 N–H and O–H groups in total. The normalized spacial score (nSPS) is 10.7. The third kappa shape index (κ3) is 6.08. The summed E-state index contributed by atoms with van der Waals surface area (Å²) in [4.78, 5) is 15.7. The van der Waals surface area contributed by atoms with Gasteiger partial charge in [-0.3, -0.25) is 9.69 Å². The fraction of sp³-hybridized carbons (Fsp3) is 0.316. The number of carbonyl (C=O) groups excluding carboxylic acids is 1. The van der Waals surface area contributed by atoms with Gasteiger partial charge in [-0.05, 0) is 43.0 Å². The molecular formula is C19H24N2OS. The van der Waals surface area contributed by atoms with Crippen molar-refractivity contribution in [2.24, 2.45) is 0 Å². The molecule has 0 aliphatic heterocycles. The third-order valence-electron chi connectivity index (χ3n) is 3.51. The molecule has 0 fully saturated rings. The Hall–Kier alpha value is -1.78. The molecule has 2 rings (SSSR count). The van der Waals surface area contributed by atoms with Gasteiger partial charge in [-0.1, -0.05) is 43.3 Å². The minimum absolute atomic E-state index is 0.0348. The van der Waals surface area contributed by atoms with Crippen LogP contribution in [-0.4, -0.2) is 30.2 Å². The lowest BCUT2D eigenvalue weighted by molar-refractivity contribution is -0.117. The average molecular weight is 328 g/mol. The summed E-state index contributed by atoms with van der Waals surface area (Å²) in [5.41, 5.74) is 2.09. The Balaban J connectivity index is 1.94. The first-order chi connectivity index (χ1) is 11.2. The van der Waals surface area contributed by atoms with E-state index in [0.717, 1.165) is 30.1 Å². The minimum Gasteiger partial charge on any atom is -0.325 e. The van der Waals surface area contributed by atoms with Crippen LogP contribution in [0.3, 0.4) is 0 Å². The molecule has 3 nitrogen and oxygen atoms in total. The van der Waals surface area contributed by atoms with E-state index in [4.69, 9.17) is 0 Å². The summed E-state index contributed by atoms with van der Waals surface area (Å²) in [6, 6.07) is 18.2. The zero-order valence-electron chi connectivity index (χ0n) is 13.8. The summed E-state index contributed by atoms with van der Waals surface area (Å²) in [5.74, 6) is 0.0348. The second-order valence-electron chi connectivity index (χ2n) is 5.48. The van der Waals surface area contributed by atoms with Gasteiger partial charge in [-0.2, -0.15) is 0 Å². The van der Waals surface area contributed by atoms with E-state index in [9.17, 15) is 4.79 Å². The molecule has 0 aliphatic carbocycles. The Morgan fingerprint density at radius 1 is 1.13 bits per heavy atom. The van der Waals surface area contributed by atoms with Gasteiger partial charge in [0, 0.05) is 17.1 Å². The standard InChI is InChI=1S/C19H24N2OS/c1-3-12-21(14-16-8-5-4-6-9-16)15-19(22)20-17-10-7-11-18(13-17)23-2/h4-11,13H,3,12,14-15H2,1-2H3,(H,20,22). The molecule has 0 spiro atoms. The van der Waals surface area contributed by atoms with E-state index in [1.54, 1.807) is 11.8 Å². The van der Waals surface area contributed by atoms with E-state index >= 15 is 0 Å². The molecule has 4 heteroatoms. The van der Waals surface area contributed by atoms with E-state index in [1.165, 1.54) is 5.56 Å². The lowest BCUT2D eigenvalue weighted by atomic mass is 10.2. The summed E-state index contributed by atoms with van der Waals surface area (Å²) >= 11 is 1.67. The van der Waals surface area contributed by atoms with Gasteiger partial charge in [0.05, 0.1) is 6.54 Å². The van der Waals surface area contributed by atoms with Gasteiger partial charge in [0.25, 0.3) is 0 Å². The molecule has 122 valence electrons. The van der Waals surface area contributed by atoms with Gasteiger partial charge in [-0.25, -0.2) is 0 Å².